The normalized spacial score (nSPS) is 21.5. The maximum absolute atomic E-state index is 13.4. The average Bonchev–Trinajstić information content (AvgIpc) is 2.79. The number of aliphatic hydroxyl groups excluding tert-OH is 1. The van der Waals surface area contributed by atoms with Crippen molar-refractivity contribution in [3.8, 4) is 17.0 Å². The molecule has 0 saturated heterocycles. The van der Waals surface area contributed by atoms with Crippen LogP contribution in [-0.2, 0) is 0 Å². The van der Waals surface area contributed by atoms with Crippen molar-refractivity contribution in [3.63, 3.8) is 0 Å². The molecule has 1 aliphatic carbocycles. The van der Waals surface area contributed by atoms with Crippen LogP contribution in [0.15, 0.2) is 72.9 Å². The second kappa shape index (κ2) is 8.58. The first-order chi connectivity index (χ1) is 14.2. The van der Waals surface area contributed by atoms with Crippen LogP contribution in [0.4, 0.5) is 0 Å². The summed E-state index contributed by atoms with van der Waals surface area (Å²) in [6, 6.07) is 21.1. The Morgan fingerprint density at radius 1 is 1.00 bits per heavy atom. The van der Waals surface area contributed by atoms with Crippen LogP contribution in [0, 0.1) is 5.92 Å². The molecule has 4 nitrogen and oxygen atoms in total. The number of benzene rings is 2. The number of carbonyl (C=O) groups excluding carboxylic acids is 1. The van der Waals surface area contributed by atoms with Crippen LogP contribution in [0.3, 0.4) is 0 Å². The fourth-order valence-electron chi connectivity index (χ4n) is 4.40. The fourth-order valence-corrected chi connectivity index (χ4v) is 4.40. The number of rotatable bonds is 5. The predicted molar refractivity (Wildman–Crippen MR) is 113 cm³/mol. The molecule has 0 unspecified atom stereocenters. The van der Waals surface area contributed by atoms with Gasteiger partial charge in [-0.1, -0.05) is 36.8 Å². The molecular formula is C25H25NO3. The van der Waals surface area contributed by atoms with Gasteiger partial charge in [0.15, 0.2) is 5.78 Å². The minimum Gasteiger partial charge on any atom is -0.497 e. The van der Waals surface area contributed by atoms with Gasteiger partial charge in [0.2, 0.25) is 0 Å². The molecule has 0 amide bonds. The van der Waals surface area contributed by atoms with Crippen molar-refractivity contribution in [2.75, 3.05) is 7.11 Å². The molecule has 1 heterocycles. The summed E-state index contributed by atoms with van der Waals surface area (Å²) in [7, 11) is 1.60. The first kappa shape index (κ1) is 19.3. The van der Waals surface area contributed by atoms with Gasteiger partial charge in [-0.15, -0.1) is 0 Å². The van der Waals surface area contributed by atoms with Crippen LogP contribution in [0.5, 0.6) is 5.75 Å². The molecule has 1 aliphatic rings. The molecule has 0 aliphatic heterocycles. The molecule has 1 N–H and O–H groups in total. The molecule has 148 valence electrons. The number of aromatic nitrogens is 1. The van der Waals surface area contributed by atoms with Crippen LogP contribution in [-0.4, -0.2) is 29.1 Å². The van der Waals surface area contributed by atoms with Crippen molar-refractivity contribution >= 4 is 5.78 Å². The Kier molecular flexibility index (Phi) is 5.72. The molecule has 4 rings (SSSR count). The number of aliphatic hydroxyl groups is 1. The highest BCUT2D eigenvalue weighted by atomic mass is 16.5. The van der Waals surface area contributed by atoms with E-state index < -0.39 is 12.0 Å². The minimum atomic E-state index is -0.653. The van der Waals surface area contributed by atoms with E-state index in [1.54, 1.807) is 37.6 Å². The SMILES string of the molecule is COc1ccc(C(=O)[C@@H]2[C@H](O)CCC[C@H]2c2ccccc2-c2ccccn2)cc1. The summed E-state index contributed by atoms with van der Waals surface area (Å²) in [6.45, 7) is 0. The van der Waals surface area contributed by atoms with Gasteiger partial charge in [0.1, 0.15) is 5.75 Å². The van der Waals surface area contributed by atoms with E-state index in [2.05, 4.69) is 11.1 Å². The van der Waals surface area contributed by atoms with Crippen molar-refractivity contribution in [1.82, 2.24) is 4.98 Å². The van der Waals surface area contributed by atoms with Crippen LogP contribution in [0.1, 0.15) is 41.1 Å². The van der Waals surface area contributed by atoms with Gasteiger partial charge in [-0.25, -0.2) is 0 Å². The van der Waals surface area contributed by atoms with Crippen molar-refractivity contribution in [2.45, 2.75) is 31.3 Å². The maximum Gasteiger partial charge on any atom is 0.169 e. The van der Waals surface area contributed by atoms with E-state index in [0.29, 0.717) is 17.7 Å². The van der Waals surface area contributed by atoms with Gasteiger partial charge >= 0.3 is 0 Å². The summed E-state index contributed by atoms with van der Waals surface area (Å²) < 4.78 is 5.20. The molecule has 29 heavy (non-hydrogen) atoms. The molecule has 0 radical (unpaired) electrons. The average molecular weight is 387 g/mol. The van der Waals surface area contributed by atoms with E-state index in [1.165, 1.54) is 0 Å². The number of nitrogens with zero attached hydrogens (tertiary/aromatic N) is 1. The zero-order valence-corrected chi connectivity index (χ0v) is 16.5. The Balaban J connectivity index is 1.73. The third-order valence-corrected chi connectivity index (χ3v) is 5.84. The monoisotopic (exact) mass is 387 g/mol. The molecule has 1 fully saturated rings. The number of Topliss-reactive ketones (excluding diaryl/α,β-unsaturated/α-hetero) is 1. The van der Waals surface area contributed by atoms with E-state index in [-0.39, 0.29) is 11.7 Å². The van der Waals surface area contributed by atoms with Crippen molar-refractivity contribution in [3.05, 3.63) is 84.1 Å². The third-order valence-electron chi connectivity index (χ3n) is 5.84. The lowest BCUT2D eigenvalue weighted by Crippen LogP contribution is -2.37. The molecule has 3 aromatic rings. The lowest BCUT2D eigenvalue weighted by molar-refractivity contribution is 0.0446. The Labute approximate surface area is 171 Å². The standard InChI is InChI=1S/C25H25NO3/c1-29-18-14-12-17(13-15-18)25(28)24-21(9-6-11-23(24)27)19-7-2-3-8-20(19)22-10-4-5-16-26-22/h2-5,7-8,10,12-16,21,23-24,27H,6,9,11H2,1H3/t21-,23+,24-/m0/s1. The van der Waals surface area contributed by atoms with Crippen LogP contribution < -0.4 is 4.74 Å². The molecule has 0 bridgehead atoms. The summed E-state index contributed by atoms with van der Waals surface area (Å²) in [6.07, 6.45) is 3.54. The zero-order valence-electron chi connectivity index (χ0n) is 16.5. The molecule has 2 aromatic carbocycles. The number of ether oxygens (including phenoxy) is 1. The van der Waals surface area contributed by atoms with E-state index in [4.69, 9.17) is 4.74 Å². The van der Waals surface area contributed by atoms with Gasteiger partial charge in [0.05, 0.1) is 24.8 Å². The molecule has 1 saturated carbocycles. The Morgan fingerprint density at radius 3 is 2.48 bits per heavy atom. The summed E-state index contributed by atoms with van der Waals surface area (Å²) >= 11 is 0. The second-order valence-electron chi connectivity index (χ2n) is 7.53. The highest BCUT2D eigenvalue weighted by Gasteiger charge is 2.39. The number of carbonyl (C=O) groups is 1. The molecule has 4 heteroatoms. The van der Waals surface area contributed by atoms with Crippen LogP contribution in [0.25, 0.3) is 11.3 Å². The Hall–Kier alpha value is -2.98. The first-order valence-corrected chi connectivity index (χ1v) is 10.1. The molecule has 0 spiro atoms. The van der Waals surface area contributed by atoms with Gasteiger partial charge in [0, 0.05) is 17.3 Å². The van der Waals surface area contributed by atoms with Gasteiger partial charge < -0.3 is 9.84 Å². The van der Waals surface area contributed by atoms with Gasteiger partial charge in [-0.3, -0.25) is 9.78 Å². The second-order valence-corrected chi connectivity index (χ2v) is 7.53. The van der Waals surface area contributed by atoms with Gasteiger partial charge in [0.25, 0.3) is 0 Å². The summed E-state index contributed by atoms with van der Waals surface area (Å²) in [5, 5.41) is 10.8. The van der Waals surface area contributed by atoms with Crippen LogP contribution in [0.2, 0.25) is 0 Å². The number of hydrogen-bond donors (Lipinski definition) is 1. The lowest BCUT2D eigenvalue weighted by atomic mass is 9.69. The van der Waals surface area contributed by atoms with Crippen LogP contribution >= 0.6 is 0 Å². The molecular weight excluding hydrogens is 362 g/mol. The molecule has 1 aromatic heterocycles. The Morgan fingerprint density at radius 2 is 1.76 bits per heavy atom. The number of ketones is 1. The van der Waals surface area contributed by atoms with Gasteiger partial charge in [-0.05, 0) is 60.7 Å². The first-order valence-electron chi connectivity index (χ1n) is 10.1. The Bertz CT molecular complexity index is 969. The number of methoxy groups -OCH3 is 1. The molecule has 3 atom stereocenters. The quantitative estimate of drug-likeness (QED) is 0.634. The largest absolute Gasteiger partial charge is 0.497 e. The van der Waals surface area contributed by atoms with E-state index in [9.17, 15) is 9.90 Å². The van der Waals surface area contributed by atoms with Crippen molar-refractivity contribution in [2.24, 2.45) is 5.92 Å². The summed E-state index contributed by atoms with van der Waals surface area (Å²) in [5.41, 5.74) is 3.60. The van der Waals surface area contributed by atoms with Crippen molar-refractivity contribution in [1.29, 1.82) is 0 Å². The summed E-state index contributed by atoms with van der Waals surface area (Å²) in [4.78, 5) is 17.9. The topological polar surface area (TPSA) is 59.4 Å². The summed E-state index contributed by atoms with van der Waals surface area (Å²) in [5.74, 6) is 0.178. The number of pyridine rings is 1. The zero-order chi connectivity index (χ0) is 20.2. The van der Waals surface area contributed by atoms with Gasteiger partial charge in [-0.2, -0.15) is 0 Å². The lowest BCUT2D eigenvalue weighted by Gasteiger charge is -2.36. The van der Waals surface area contributed by atoms with E-state index in [0.717, 1.165) is 29.7 Å². The highest BCUT2D eigenvalue weighted by molar-refractivity contribution is 5.99. The maximum atomic E-state index is 13.4. The minimum absolute atomic E-state index is 0.0133. The smallest absolute Gasteiger partial charge is 0.169 e. The third kappa shape index (κ3) is 3.94. The predicted octanol–water partition coefficient (Wildman–Crippen LogP) is 4.88. The van der Waals surface area contributed by atoms with Crippen molar-refractivity contribution < 1.29 is 14.6 Å². The van der Waals surface area contributed by atoms with E-state index >= 15 is 0 Å². The highest BCUT2D eigenvalue weighted by Crippen LogP contribution is 2.43. The number of hydrogen-bond acceptors (Lipinski definition) is 4. The van der Waals surface area contributed by atoms with E-state index in [1.807, 2.05) is 36.4 Å². The fraction of sp³-hybridized carbons (Fsp3) is 0.280.